The van der Waals surface area contributed by atoms with Crippen LogP contribution < -0.4 is 0 Å². The molecule has 0 aromatic carbocycles. The van der Waals surface area contributed by atoms with Crippen LogP contribution in [0.5, 0.6) is 0 Å². The normalized spacial score (nSPS) is 29.0. The van der Waals surface area contributed by atoms with E-state index in [0.29, 0.717) is 12.5 Å². The highest BCUT2D eigenvalue weighted by Gasteiger charge is 2.50. The highest BCUT2D eigenvalue weighted by molar-refractivity contribution is 5.78. The van der Waals surface area contributed by atoms with Crippen LogP contribution in [-0.2, 0) is 14.3 Å². The van der Waals surface area contributed by atoms with E-state index in [1.165, 1.54) is 32.1 Å². The molecule has 0 amide bonds. The third-order valence-electron chi connectivity index (χ3n) is 3.86. The van der Waals surface area contributed by atoms with Crippen LogP contribution in [0.1, 0.15) is 58.3 Å². The van der Waals surface area contributed by atoms with Crippen LogP contribution >= 0.6 is 0 Å². The molecule has 0 bridgehead atoms. The average molecular weight is 240 g/mol. The molecule has 2 fully saturated rings. The van der Waals surface area contributed by atoms with Crippen molar-refractivity contribution in [3.63, 3.8) is 0 Å². The summed E-state index contributed by atoms with van der Waals surface area (Å²) in [7, 11) is 0. The van der Waals surface area contributed by atoms with Crippen molar-refractivity contribution in [2.75, 3.05) is 6.61 Å². The first-order chi connectivity index (χ1) is 8.33. The maximum absolute atomic E-state index is 11.7. The van der Waals surface area contributed by atoms with E-state index >= 15 is 0 Å². The highest BCUT2D eigenvalue weighted by Crippen LogP contribution is 2.38. The number of carbonyl (C=O) groups excluding carboxylic acids is 1. The van der Waals surface area contributed by atoms with Gasteiger partial charge in [-0.3, -0.25) is 0 Å². The summed E-state index contributed by atoms with van der Waals surface area (Å²) in [5, 5.41) is 0. The molecule has 17 heavy (non-hydrogen) atoms. The monoisotopic (exact) mass is 240 g/mol. The molecular weight excluding hydrogens is 216 g/mol. The van der Waals surface area contributed by atoms with E-state index in [4.69, 9.17) is 9.47 Å². The molecule has 1 heterocycles. The number of epoxide rings is 1. The summed E-state index contributed by atoms with van der Waals surface area (Å²) in [4.78, 5) is 11.7. The van der Waals surface area contributed by atoms with Crippen molar-refractivity contribution < 1.29 is 14.3 Å². The standard InChI is InChI=1S/C14H24O3/c1-2-3-7-10-16-14(15)13-12(17-13)11-8-5-4-6-9-11/h11-13H,2-10H2,1H3. The summed E-state index contributed by atoms with van der Waals surface area (Å²) < 4.78 is 10.7. The van der Waals surface area contributed by atoms with Crippen molar-refractivity contribution in [1.82, 2.24) is 0 Å². The molecular formula is C14H24O3. The van der Waals surface area contributed by atoms with Gasteiger partial charge in [-0.1, -0.05) is 39.0 Å². The SMILES string of the molecule is CCCCCOC(=O)C1OC1C1CCCCC1. The van der Waals surface area contributed by atoms with Crippen LogP contribution in [0.2, 0.25) is 0 Å². The maximum Gasteiger partial charge on any atom is 0.338 e. The number of hydrogen-bond donors (Lipinski definition) is 0. The molecule has 0 aromatic heterocycles. The van der Waals surface area contributed by atoms with Gasteiger partial charge in [-0.25, -0.2) is 4.79 Å². The quantitative estimate of drug-likeness (QED) is 0.407. The Kier molecular flexibility index (Phi) is 4.84. The summed E-state index contributed by atoms with van der Waals surface area (Å²) in [6.07, 6.45) is 9.58. The fraction of sp³-hybridized carbons (Fsp3) is 0.929. The number of unbranched alkanes of at least 4 members (excludes halogenated alkanes) is 2. The van der Waals surface area contributed by atoms with Gasteiger partial charge < -0.3 is 9.47 Å². The molecule has 1 aliphatic heterocycles. The van der Waals surface area contributed by atoms with E-state index in [0.717, 1.165) is 19.3 Å². The topological polar surface area (TPSA) is 38.8 Å². The minimum Gasteiger partial charge on any atom is -0.464 e. The molecule has 0 spiro atoms. The van der Waals surface area contributed by atoms with Crippen LogP contribution in [0.25, 0.3) is 0 Å². The smallest absolute Gasteiger partial charge is 0.338 e. The fourth-order valence-corrected chi connectivity index (χ4v) is 2.74. The van der Waals surface area contributed by atoms with Crippen molar-refractivity contribution >= 4 is 5.97 Å². The summed E-state index contributed by atoms with van der Waals surface area (Å²) in [6.45, 7) is 2.70. The molecule has 1 aliphatic carbocycles. The van der Waals surface area contributed by atoms with E-state index in [1.807, 2.05) is 0 Å². The number of hydrogen-bond acceptors (Lipinski definition) is 3. The van der Waals surface area contributed by atoms with Gasteiger partial charge in [0.05, 0.1) is 12.7 Å². The lowest BCUT2D eigenvalue weighted by atomic mass is 9.86. The average Bonchev–Trinajstić information content (AvgIpc) is 3.16. The zero-order valence-corrected chi connectivity index (χ0v) is 10.8. The third-order valence-corrected chi connectivity index (χ3v) is 3.86. The minimum absolute atomic E-state index is 0.128. The van der Waals surface area contributed by atoms with Gasteiger partial charge in [0.2, 0.25) is 0 Å². The van der Waals surface area contributed by atoms with Gasteiger partial charge in [-0.15, -0.1) is 0 Å². The van der Waals surface area contributed by atoms with Crippen LogP contribution in [0.4, 0.5) is 0 Å². The molecule has 3 nitrogen and oxygen atoms in total. The third kappa shape index (κ3) is 3.70. The molecule has 2 unspecified atom stereocenters. The fourth-order valence-electron chi connectivity index (χ4n) is 2.74. The summed E-state index contributed by atoms with van der Waals surface area (Å²) in [5.41, 5.74) is 0. The molecule has 1 saturated heterocycles. The lowest BCUT2D eigenvalue weighted by Gasteiger charge is -2.19. The van der Waals surface area contributed by atoms with Crippen LogP contribution in [0.3, 0.4) is 0 Å². The predicted octanol–water partition coefficient (Wildman–Crippen LogP) is 3.07. The number of rotatable bonds is 6. The van der Waals surface area contributed by atoms with E-state index in [9.17, 15) is 4.79 Å². The molecule has 98 valence electrons. The van der Waals surface area contributed by atoms with Gasteiger partial charge in [0.25, 0.3) is 0 Å². The Bertz CT molecular complexity index is 246. The zero-order valence-electron chi connectivity index (χ0n) is 10.8. The molecule has 0 N–H and O–H groups in total. The Labute approximate surface area is 104 Å². The Balaban J connectivity index is 1.62. The number of ether oxygens (including phenoxy) is 2. The lowest BCUT2D eigenvalue weighted by molar-refractivity contribution is -0.145. The molecule has 0 aromatic rings. The first-order valence-electron chi connectivity index (χ1n) is 7.15. The second kappa shape index (κ2) is 6.39. The van der Waals surface area contributed by atoms with Crippen molar-refractivity contribution in [1.29, 1.82) is 0 Å². The summed E-state index contributed by atoms with van der Waals surface area (Å²) in [5.74, 6) is 0.480. The lowest BCUT2D eigenvalue weighted by Crippen LogP contribution is -2.20. The largest absolute Gasteiger partial charge is 0.464 e. The molecule has 2 aliphatic rings. The Morgan fingerprint density at radius 3 is 2.71 bits per heavy atom. The van der Waals surface area contributed by atoms with Crippen molar-refractivity contribution in [3.05, 3.63) is 0 Å². The molecule has 1 saturated carbocycles. The highest BCUT2D eigenvalue weighted by atomic mass is 16.6. The number of carbonyl (C=O) groups is 1. The van der Waals surface area contributed by atoms with Crippen molar-refractivity contribution in [3.8, 4) is 0 Å². The second-order valence-electron chi connectivity index (χ2n) is 5.29. The van der Waals surface area contributed by atoms with Crippen LogP contribution in [-0.4, -0.2) is 24.8 Å². The molecule has 3 heteroatoms. The van der Waals surface area contributed by atoms with Gasteiger partial charge in [-0.05, 0) is 25.2 Å². The molecule has 2 rings (SSSR count). The second-order valence-corrected chi connectivity index (χ2v) is 5.29. The van der Waals surface area contributed by atoms with Gasteiger partial charge in [0, 0.05) is 0 Å². The number of esters is 1. The Morgan fingerprint density at radius 1 is 1.24 bits per heavy atom. The zero-order chi connectivity index (χ0) is 12.1. The van der Waals surface area contributed by atoms with E-state index < -0.39 is 0 Å². The van der Waals surface area contributed by atoms with Crippen LogP contribution in [0, 0.1) is 5.92 Å². The van der Waals surface area contributed by atoms with Gasteiger partial charge in [0.15, 0.2) is 6.10 Å². The summed E-state index contributed by atoms with van der Waals surface area (Å²) in [6, 6.07) is 0. The van der Waals surface area contributed by atoms with E-state index in [2.05, 4.69) is 6.92 Å². The Morgan fingerprint density at radius 2 is 2.00 bits per heavy atom. The van der Waals surface area contributed by atoms with Gasteiger partial charge in [0.1, 0.15) is 0 Å². The first kappa shape index (κ1) is 12.9. The first-order valence-corrected chi connectivity index (χ1v) is 7.15. The molecule has 0 radical (unpaired) electrons. The van der Waals surface area contributed by atoms with E-state index in [1.54, 1.807) is 0 Å². The maximum atomic E-state index is 11.7. The van der Waals surface area contributed by atoms with Crippen LogP contribution in [0.15, 0.2) is 0 Å². The minimum atomic E-state index is -0.236. The Hall–Kier alpha value is -0.570. The van der Waals surface area contributed by atoms with E-state index in [-0.39, 0.29) is 18.2 Å². The van der Waals surface area contributed by atoms with Gasteiger partial charge in [-0.2, -0.15) is 0 Å². The molecule has 2 atom stereocenters. The van der Waals surface area contributed by atoms with Gasteiger partial charge >= 0.3 is 5.97 Å². The predicted molar refractivity (Wildman–Crippen MR) is 65.7 cm³/mol. The van der Waals surface area contributed by atoms with Crippen molar-refractivity contribution in [2.24, 2.45) is 5.92 Å². The summed E-state index contributed by atoms with van der Waals surface area (Å²) >= 11 is 0. The van der Waals surface area contributed by atoms with Crippen molar-refractivity contribution in [2.45, 2.75) is 70.5 Å².